The third kappa shape index (κ3) is 4.35. The maximum Gasteiger partial charge on any atom is 0.295 e. The zero-order valence-corrected chi connectivity index (χ0v) is 20.0. The van der Waals surface area contributed by atoms with E-state index >= 15 is 0 Å². The number of imidazole rings is 1. The molecule has 3 heterocycles. The number of fused-ring (bicyclic) bond motifs is 1. The number of nitrogens with zero attached hydrogens (tertiary/aromatic N) is 3. The standard InChI is InChI=1S/C18H17ClF2IN4OPS/c1-29-13-6-9(10-4-5-27-8-10)2-3-11(13)23-12-7-14(19)24-17-15(12)25-18(16(20)21)26(17)28-22/h2-3,6-7,10,16,28H,4-5,8H2,1H3,(H,23,24). The molecule has 1 N–H and O–H groups in total. The van der Waals surface area contributed by atoms with E-state index in [1.54, 1.807) is 17.8 Å². The number of hydrogen-bond donors (Lipinski definition) is 1. The maximum absolute atomic E-state index is 13.4. The van der Waals surface area contributed by atoms with Gasteiger partial charge in [-0.2, -0.15) is 0 Å². The molecule has 0 radical (unpaired) electrons. The Hall–Kier alpha value is -0.740. The van der Waals surface area contributed by atoms with E-state index in [0.29, 0.717) is 22.8 Å². The number of ether oxygens (including phenoxy) is 1. The van der Waals surface area contributed by atoms with E-state index in [0.717, 1.165) is 30.2 Å². The van der Waals surface area contributed by atoms with Crippen molar-refractivity contribution in [2.24, 2.45) is 0 Å². The number of halogens is 4. The van der Waals surface area contributed by atoms with Crippen molar-refractivity contribution in [2.75, 3.05) is 24.8 Å². The summed E-state index contributed by atoms with van der Waals surface area (Å²) in [6, 6.07) is 7.86. The van der Waals surface area contributed by atoms with Crippen molar-refractivity contribution < 1.29 is 13.5 Å². The second-order valence-electron chi connectivity index (χ2n) is 6.50. The molecular formula is C18H17ClF2IN4OPS. The monoisotopic (exact) mass is 568 g/mol. The Morgan fingerprint density at radius 3 is 2.83 bits per heavy atom. The van der Waals surface area contributed by atoms with E-state index in [4.69, 9.17) is 16.3 Å². The minimum absolute atomic E-state index is 0.0385. The molecule has 5 nitrogen and oxygen atoms in total. The maximum atomic E-state index is 13.4. The zero-order chi connectivity index (χ0) is 20.5. The molecule has 0 spiro atoms. The van der Waals surface area contributed by atoms with E-state index < -0.39 is 6.43 Å². The Morgan fingerprint density at radius 1 is 1.34 bits per heavy atom. The fraction of sp³-hybridized carbons (Fsp3) is 0.333. The van der Waals surface area contributed by atoms with E-state index in [-0.39, 0.29) is 17.4 Å². The van der Waals surface area contributed by atoms with Gasteiger partial charge in [0.05, 0.1) is 24.4 Å². The molecule has 29 heavy (non-hydrogen) atoms. The van der Waals surface area contributed by atoms with Crippen LogP contribution in [0, 0.1) is 0 Å². The molecule has 0 aliphatic carbocycles. The molecule has 1 aliphatic heterocycles. The number of aromatic nitrogens is 3. The number of thioether (sulfide) groups is 1. The number of alkyl halides is 2. The van der Waals surface area contributed by atoms with Gasteiger partial charge in [0.1, 0.15) is 10.7 Å². The Kier molecular flexibility index (Phi) is 6.80. The summed E-state index contributed by atoms with van der Waals surface area (Å²) in [7, 11) is 0. The first-order valence-electron chi connectivity index (χ1n) is 8.78. The first kappa shape index (κ1) is 21.5. The molecule has 154 valence electrons. The molecule has 0 saturated carbocycles. The van der Waals surface area contributed by atoms with Crippen molar-refractivity contribution >= 4 is 74.3 Å². The molecule has 11 heteroatoms. The van der Waals surface area contributed by atoms with Crippen molar-refractivity contribution in [1.29, 1.82) is 0 Å². The van der Waals surface area contributed by atoms with Crippen LogP contribution < -0.4 is 5.32 Å². The molecule has 0 bridgehead atoms. The van der Waals surface area contributed by atoms with Crippen molar-refractivity contribution in [1.82, 2.24) is 14.3 Å². The molecule has 1 saturated heterocycles. The normalized spacial score (nSPS) is 17.2. The van der Waals surface area contributed by atoms with Gasteiger partial charge in [0.15, 0.2) is 11.5 Å². The van der Waals surface area contributed by atoms with Crippen LogP contribution >= 0.6 is 51.8 Å². The summed E-state index contributed by atoms with van der Waals surface area (Å²) >= 11 is 9.85. The highest BCUT2D eigenvalue weighted by Crippen LogP contribution is 2.39. The Labute approximate surface area is 190 Å². The summed E-state index contributed by atoms with van der Waals surface area (Å²) in [6.07, 6.45) is 0.377. The summed E-state index contributed by atoms with van der Waals surface area (Å²) in [6.45, 7) is 1.53. The van der Waals surface area contributed by atoms with Crippen molar-refractivity contribution in [2.45, 2.75) is 23.7 Å². The van der Waals surface area contributed by atoms with Gasteiger partial charge in [0, 0.05) is 23.5 Å². The molecule has 2 unspecified atom stereocenters. The van der Waals surface area contributed by atoms with Gasteiger partial charge in [-0.25, -0.2) is 18.7 Å². The first-order valence-corrected chi connectivity index (χ1v) is 14.4. The molecule has 2 atom stereocenters. The Balaban J connectivity index is 1.75. The van der Waals surface area contributed by atoms with E-state index in [9.17, 15) is 8.78 Å². The fourth-order valence-corrected chi connectivity index (χ4v) is 6.05. The summed E-state index contributed by atoms with van der Waals surface area (Å²) in [5, 5.41) is 3.56. The van der Waals surface area contributed by atoms with E-state index in [1.165, 1.54) is 9.90 Å². The lowest BCUT2D eigenvalue weighted by atomic mass is 9.98. The van der Waals surface area contributed by atoms with Gasteiger partial charge in [-0.05, 0) is 52.4 Å². The summed E-state index contributed by atoms with van der Waals surface area (Å²) < 4.78 is 33.8. The molecular weight excluding hydrogens is 552 g/mol. The Bertz CT molecular complexity index is 1050. The summed E-state index contributed by atoms with van der Waals surface area (Å²) in [5.41, 5.74) is 3.41. The highest BCUT2D eigenvalue weighted by Gasteiger charge is 2.23. The number of anilines is 2. The molecule has 1 fully saturated rings. The van der Waals surface area contributed by atoms with Crippen LogP contribution in [0.25, 0.3) is 11.2 Å². The number of benzene rings is 1. The van der Waals surface area contributed by atoms with Gasteiger partial charge in [-0.3, -0.25) is 4.34 Å². The van der Waals surface area contributed by atoms with Crippen LogP contribution in [-0.4, -0.2) is 33.8 Å². The van der Waals surface area contributed by atoms with Crippen LogP contribution in [0.1, 0.15) is 30.2 Å². The van der Waals surface area contributed by atoms with Crippen LogP contribution in [0.15, 0.2) is 29.2 Å². The predicted molar refractivity (Wildman–Crippen MR) is 125 cm³/mol. The third-order valence-corrected chi connectivity index (χ3v) is 7.81. The quantitative estimate of drug-likeness (QED) is 0.154. The van der Waals surface area contributed by atoms with Gasteiger partial charge in [0.25, 0.3) is 6.43 Å². The number of pyridine rings is 1. The molecule has 0 amide bonds. The van der Waals surface area contributed by atoms with E-state index in [1.807, 2.05) is 34.4 Å². The lowest BCUT2D eigenvalue weighted by Crippen LogP contribution is -2.00. The third-order valence-electron chi connectivity index (χ3n) is 4.79. The van der Waals surface area contributed by atoms with Gasteiger partial charge in [0.2, 0.25) is 0 Å². The highest BCUT2D eigenvalue weighted by atomic mass is 127. The topological polar surface area (TPSA) is 52.0 Å². The average Bonchev–Trinajstić information content (AvgIpc) is 3.36. The molecule has 3 aromatic rings. The lowest BCUT2D eigenvalue weighted by molar-refractivity contribution is 0.140. The Morgan fingerprint density at radius 2 is 2.17 bits per heavy atom. The van der Waals surface area contributed by atoms with Gasteiger partial charge in [-0.15, -0.1) is 11.8 Å². The molecule has 1 aromatic carbocycles. The molecule has 4 rings (SSSR count). The highest BCUT2D eigenvalue weighted by molar-refractivity contribution is 14.2. The van der Waals surface area contributed by atoms with Crippen LogP contribution in [0.5, 0.6) is 0 Å². The van der Waals surface area contributed by atoms with Gasteiger partial charge >= 0.3 is 0 Å². The number of nitrogens with one attached hydrogen (secondary N) is 1. The van der Waals surface area contributed by atoms with Crippen LogP contribution in [0.4, 0.5) is 20.2 Å². The lowest BCUT2D eigenvalue weighted by Gasteiger charge is -2.15. The molecule has 2 aromatic heterocycles. The largest absolute Gasteiger partial charge is 0.381 e. The second kappa shape index (κ2) is 9.18. The van der Waals surface area contributed by atoms with Gasteiger partial charge in [-0.1, -0.05) is 17.7 Å². The van der Waals surface area contributed by atoms with Crippen LogP contribution in [0.3, 0.4) is 0 Å². The van der Waals surface area contributed by atoms with Gasteiger partial charge < -0.3 is 10.1 Å². The fourth-order valence-electron chi connectivity index (χ4n) is 3.37. The first-order chi connectivity index (χ1) is 14.0. The SMILES string of the molecule is CSc1cc(C2CCOC2)ccc1Nc1cc(Cl)nc2c1nc(C(F)F)n2PI. The zero-order valence-electron chi connectivity index (χ0n) is 15.3. The second-order valence-corrected chi connectivity index (χ2v) is 9.80. The van der Waals surface area contributed by atoms with Crippen LogP contribution in [0.2, 0.25) is 5.15 Å². The minimum atomic E-state index is -2.69. The van der Waals surface area contributed by atoms with Crippen molar-refractivity contribution in [3.63, 3.8) is 0 Å². The molecule has 1 aliphatic rings. The summed E-state index contributed by atoms with van der Waals surface area (Å²) in [4.78, 5) is 9.46. The van der Waals surface area contributed by atoms with Crippen molar-refractivity contribution in [3.05, 3.63) is 40.8 Å². The smallest absolute Gasteiger partial charge is 0.295 e. The van der Waals surface area contributed by atoms with Crippen LogP contribution in [-0.2, 0) is 4.74 Å². The van der Waals surface area contributed by atoms with Crippen molar-refractivity contribution in [3.8, 4) is 0 Å². The minimum Gasteiger partial charge on any atom is -0.381 e. The summed E-state index contributed by atoms with van der Waals surface area (Å²) in [5.74, 6) is 0.109. The predicted octanol–water partition coefficient (Wildman–Crippen LogP) is 6.78. The number of hydrogen-bond acceptors (Lipinski definition) is 5. The number of rotatable bonds is 6. The average molecular weight is 569 g/mol. The van der Waals surface area contributed by atoms with E-state index in [2.05, 4.69) is 27.4 Å².